The summed E-state index contributed by atoms with van der Waals surface area (Å²) in [5, 5.41) is 2.91. The van der Waals surface area contributed by atoms with Crippen molar-refractivity contribution in [2.45, 2.75) is 37.8 Å². The van der Waals surface area contributed by atoms with Crippen molar-refractivity contribution in [3.05, 3.63) is 29.3 Å². The molecule has 0 aliphatic carbocycles. The van der Waals surface area contributed by atoms with Gasteiger partial charge in [0.1, 0.15) is 4.90 Å². The fourth-order valence-electron chi connectivity index (χ4n) is 1.49. The topological polar surface area (TPSA) is 58.2 Å². The smallest absolute Gasteiger partial charge is 0.251 e. The molecule has 0 amide bonds. The lowest BCUT2D eigenvalue weighted by Crippen LogP contribution is -2.30. The maximum Gasteiger partial charge on any atom is 0.251 e. The normalized spacial score (nSPS) is 12.4. The van der Waals surface area contributed by atoms with Crippen LogP contribution in [0.3, 0.4) is 0 Å². The Hall–Kier alpha value is -1.19. The zero-order chi connectivity index (χ0) is 16.2. The molecular weight excluding hydrogens is 312 g/mol. The summed E-state index contributed by atoms with van der Waals surface area (Å²) in [6.45, 7) is 2.59. The molecule has 0 radical (unpaired) electrons. The fraction of sp³-hybridized carbons (Fsp3) is 0.500. The minimum Gasteiger partial charge on any atom is -0.310 e. The summed E-state index contributed by atoms with van der Waals surface area (Å²) in [5.74, 6) is -2.94. The van der Waals surface area contributed by atoms with Crippen LogP contribution in [0.15, 0.2) is 17.0 Å². The monoisotopic (exact) mass is 328 g/mol. The van der Waals surface area contributed by atoms with Gasteiger partial charge in [0, 0.05) is 12.6 Å². The van der Waals surface area contributed by atoms with E-state index in [9.17, 15) is 26.0 Å². The summed E-state index contributed by atoms with van der Waals surface area (Å²) in [7, 11) is -4.54. The van der Waals surface area contributed by atoms with Gasteiger partial charge in [-0.1, -0.05) is 13.8 Å². The standard InChI is InChI=1S/C12H16F4N2O2S/c1-7(2)17-5-8-3-9(13)12(16)10(4-8)21(19,20)18-6-11(14)15/h3-4,7,11,17-18H,5-6H2,1-2H3. The number of halogens is 4. The molecule has 1 aromatic rings. The fourth-order valence-corrected chi connectivity index (χ4v) is 2.63. The van der Waals surface area contributed by atoms with Crippen LogP contribution in [0.5, 0.6) is 0 Å². The molecule has 0 bridgehead atoms. The number of hydrogen-bond acceptors (Lipinski definition) is 3. The summed E-state index contributed by atoms with van der Waals surface area (Å²) in [5.41, 5.74) is 0.194. The van der Waals surface area contributed by atoms with Crippen molar-refractivity contribution in [3.63, 3.8) is 0 Å². The molecule has 1 aromatic carbocycles. The van der Waals surface area contributed by atoms with E-state index in [1.165, 1.54) is 4.72 Å². The Bertz CT molecular complexity index is 591. The summed E-state index contributed by atoms with van der Waals surface area (Å²) in [6, 6.07) is 1.83. The number of alkyl halides is 2. The minimum absolute atomic E-state index is 0.0510. The Balaban J connectivity index is 3.10. The largest absolute Gasteiger partial charge is 0.310 e. The van der Waals surface area contributed by atoms with Crippen LogP contribution >= 0.6 is 0 Å². The van der Waals surface area contributed by atoms with Gasteiger partial charge in [-0.05, 0) is 17.7 Å². The SMILES string of the molecule is CC(C)NCc1cc(F)c(F)c(S(=O)(=O)NCC(F)F)c1. The Morgan fingerprint density at radius 1 is 1.19 bits per heavy atom. The summed E-state index contributed by atoms with van der Waals surface area (Å²) in [4.78, 5) is -0.983. The van der Waals surface area contributed by atoms with Gasteiger partial charge >= 0.3 is 0 Å². The van der Waals surface area contributed by atoms with Crippen molar-refractivity contribution in [2.75, 3.05) is 6.54 Å². The summed E-state index contributed by atoms with van der Waals surface area (Å²) < 4.78 is 76.1. The van der Waals surface area contributed by atoms with Gasteiger partial charge in [0.15, 0.2) is 11.6 Å². The number of benzene rings is 1. The average molecular weight is 328 g/mol. The average Bonchev–Trinajstić information content (AvgIpc) is 2.37. The quantitative estimate of drug-likeness (QED) is 0.753. The van der Waals surface area contributed by atoms with E-state index in [-0.39, 0.29) is 18.2 Å². The van der Waals surface area contributed by atoms with Crippen molar-refractivity contribution in [3.8, 4) is 0 Å². The van der Waals surface area contributed by atoms with Crippen LogP contribution in [0.25, 0.3) is 0 Å². The zero-order valence-corrected chi connectivity index (χ0v) is 12.3. The lowest BCUT2D eigenvalue weighted by atomic mass is 10.2. The number of nitrogens with one attached hydrogen (secondary N) is 2. The molecule has 0 unspecified atom stereocenters. The van der Waals surface area contributed by atoms with E-state index in [0.29, 0.717) is 0 Å². The highest BCUT2D eigenvalue weighted by molar-refractivity contribution is 7.89. The molecule has 0 aromatic heterocycles. The van der Waals surface area contributed by atoms with Crippen LogP contribution in [0.4, 0.5) is 17.6 Å². The molecule has 0 saturated heterocycles. The second-order valence-corrected chi connectivity index (χ2v) is 6.40. The van der Waals surface area contributed by atoms with E-state index >= 15 is 0 Å². The van der Waals surface area contributed by atoms with Gasteiger partial charge in [-0.3, -0.25) is 0 Å². The van der Waals surface area contributed by atoms with Crippen molar-refractivity contribution < 1.29 is 26.0 Å². The van der Waals surface area contributed by atoms with Gasteiger partial charge in [0.05, 0.1) is 6.54 Å². The van der Waals surface area contributed by atoms with Crippen molar-refractivity contribution in [1.82, 2.24) is 10.0 Å². The summed E-state index contributed by atoms with van der Waals surface area (Å²) >= 11 is 0. The Kier molecular flexibility index (Phi) is 6.11. The van der Waals surface area contributed by atoms with Crippen LogP contribution in [0.1, 0.15) is 19.4 Å². The second-order valence-electron chi connectivity index (χ2n) is 4.67. The van der Waals surface area contributed by atoms with Crippen molar-refractivity contribution in [1.29, 1.82) is 0 Å². The molecule has 4 nitrogen and oxygen atoms in total. The third-order valence-corrected chi connectivity index (χ3v) is 3.91. The molecule has 0 atom stereocenters. The van der Waals surface area contributed by atoms with Gasteiger partial charge in [-0.15, -0.1) is 0 Å². The van der Waals surface area contributed by atoms with Crippen molar-refractivity contribution >= 4 is 10.0 Å². The first-order valence-electron chi connectivity index (χ1n) is 6.12. The van der Waals surface area contributed by atoms with Crippen LogP contribution in [-0.4, -0.2) is 27.4 Å². The molecule has 0 fully saturated rings. The molecule has 2 N–H and O–H groups in total. The minimum atomic E-state index is -4.54. The molecule has 120 valence electrons. The van der Waals surface area contributed by atoms with Crippen LogP contribution in [-0.2, 0) is 16.6 Å². The van der Waals surface area contributed by atoms with Gasteiger partial charge < -0.3 is 5.32 Å². The maximum absolute atomic E-state index is 13.6. The Labute approximate surface area is 120 Å². The highest BCUT2D eigenvalue weighted by atomic mass is 32.2. The van der Waals surface area contributed by atoms with E-state index in [1.807, 2.05) is 13.8 Å². The molecule has 0 aliphatic heterocycles. The van der Waals surface area contributed by atoms with E-state index in [2.05, 4.69) is 5.32 Å². The zero-order valence-electron chi connectivity index (χ0n) is 11.5. The molecule has 0 saturated carbocycles. The van der Waals surface area contributed by atoms with Crippen LogP contribution < -0.4 is 10.0 Å². The first kappa shape index (κ1) is 17.9. The molecule has 1 rings (SSSR count). The Morgan fingerprint density at radius 2 is 1.81 bits per heavy atom. The lowest BCUT2D eigenvalue weighted by molar-refractivity contribution is 0.153. The molecular formula is C12H16F4N2O2S. The third-order valence-electron chi connectivity index (χ3n) is 2.49. The molecule has 0 heterocycles. The van der Waals surface area contributed by atoms with E-state index < -0.39 is 39.5 Å². The van der Waals surface area contributed by atoms with Gasteiger partial charge in [0.25, 0.3) is 6.43 Å². The van der Waals surface area contributed by atoms with Crippen LogP contribution in [0, 0.1) is 11.6 Å². The molecule has 9 heteroatoms. The first-order chi connectivity index (χ1) is 9.63. The van der Waals surface area contributed by atoms with E-state index in [1.54, 1.807) is 0 Å². The first-order valence-corrected chi connectivity index (χ1v) is 7.61. The predicted molar refractivity (Wildman–Crippen MR) is 69.5 cm³/mol. The molecule has 0 aliphatic rings. The van der Waals surface area contributed by atoms with Gasteiger partial charge in [-0.25, -0.2) is 30.7 Å². The maximum atomic E-state index is 13.6. The van der Waals surface area contributed by atoms with Crippen molar-refractivity contribution in [2.24, 2.45) is 0 Å². The predicted octanol–water partition coefficient (Wildman–Crippen LogP) is 2.01. The summed E-state index contributed by atoms with van der Waals surface area (Å²) in [6.07, 6.45) is -2.93. The molecule has 0 spiro atoms. The van der Waals surface area contributed by atoms with Gasteiger partial charge in [0.2, 0.25) is 10.0 Å². The Morgan fingerprint density at radius 3 is 2.33 bits per heavy atom. The van der Waals surface area contributed by atoms with Gasteiger partial charge in [-0.2, -0.15) is 0 Å². The second kappa shape index (κ2) is 7.19. The number of rotatable bonds is 7. The number of sulfonamides is 1. The number of hydrogen-bond donors (Lipinski definition) is 2. The van der Waals surface area contributed by atoms with E-state index in [0.717, 1.165) is 12.1 Å². The highest BCUT2D eigenvalue weighted by Crippen LogP contribution is 2.20. The van der Waals surface area contributed by atoms with Crippen LogP contribution in [0.2, 0.25) is 0 Å². The van der Waals surface area contributed by atoms with E-state index in [4.69, 9.17) is 0 Å². The third kappa shape index (κ3) is 5.25. The lowest BCUT2D eigenvalue weighted by Gasteiger charge is -2.12. The molecule has 21 heavy (non-hydrogen) atoms. The highest BCUT2D eigenvalue weighted by Gasteiger charge is 2.24.